The van der Waals surface area contributed by atoms with Crippen molar-refractivity contribution in [2.24, 2.45) is 0 Å². The third kappa shape index (κ3) is 4.15. The molecule has 136 valence electrons. The van der Waals surface area contributed by atoms with Gasteiger partial charge in [-0.25, -0.2) is 4.39 Å². The molecule has 0 fully saturated rings. The summed E-state index contributed by atoms with van der Waals surface area (Å²) >= 11 is 1.55. The smallest absolute Gasteiger partial charge is 0.262 e. The van der Waals surface area contributed by atoms with Crippen molar-refractivity contribution in [1.82, 2.24) is 9.88 Å². The second-order valence-corrected chi connectivity index (χ2v) is 7.10. The molecule has 0 atom stereocenters. The molecule has 0 saturated heterocycles. The molecule has 0 aliphatic carbocycles. The van der Waals surface area contributed by atoms with Crippen molar-refractivity contribution in [2.75, 3.05) is 0 Å². The van der Waals surface area contributed by atoms with Gasteiger partial charge in [-0.1, -0.05) is 6.07 Å². The van der Waals surface area contributed by atoms with Gasteiger partial charge in [0, 0.05) is 22.0 Å². The van der Waals surface area contributed by atoms with Crippen molar-refractivity contribution in [3.63, 3.8) is 0 Å². The second-order valence-electron chi connectivity index (χ2n) is 6.07. The number of nitriles is 1. The van der Waals surface area contributed by atoms with Crippen LogP contribution in [-0.2, 0) is 11.3 Å². The second kappa shape index (κ2) is 8.02. The number of aryl methyl sites for hydroxylation is 1. The Morgan fingerprint density at radius 2 is 2.04 bits per heavy atom. The number of nitrogens with one attached hydrogen (secondary N) is 1. The van der Waals surface area contributed by atoms with Crippen molar-refractivity contribution in [3.8, 4) is 11.8 Å². The van der Waals surface area contributed by atoms with Crippen molar-refractivity contribution < 1.29 is 9.18 Å². The van der Waals surface area contributed by atoms with Crippen LogP contribution >= 0.6 is 11.3 Å². The number of carbonyl (C=O) groups excluding carboxylic acids is 1. The lowest BCUT2D eigenvalue weighted by Gasteiger charge is -2.09. The van der Waals surface area contributed by atoms with E-state index in [-0.39, 0.29) is 11.4 Å². The zero-order valence-corrected chi connectivity index (χ0v) is 15.8. The molecule has 0 radical (unpaired) electrons. The van der Waals surface area contributed by atoms with E-state index >= 15 is 0 Å². The number of halogens is 1. The first kappa shape index (κ1) is 18.6. The maximum Gasteiger partial charge on any atom is 0.262 e. The number of hydrogen-bond donors (Lipinski definition) is 1. The summed E-state index contributed by atoms with van der Waals surface area (Å²) in [5.74, 6) is -0.701. The van der Waals surface area contributed by atoms with Crippen LogP contribution in [0.2, 0.25) is 0 Å². The average molecular weight is 379 g/mol. The van der Waals surface area contributed by atoms with Gasteiger partial charge in [0.05, 0.1) is 6.54 Å². The van der Waals surface area contributed by atoms with Crippen LogP contribution in [0.1, 0.15) is 21.8 Å². The molecule has 2 heterocycles. The largest absolute Gasteiger partial charge is 0.347 e. The molecule has 1 N–H and O–H groups in total. The van der Waals surface area contributed by atoms with Gasteiger partial charge in [0.25, 0.3) is 5.91 Å². The van der Waals surface area contributed by atoms with Gasteiger partial charge in [-0.2, -0.15) is 5.26 Å². The Morgan fingerprint density at radius 3 is 2.67 bits per heavy atom. The molecule has 1 aromatic carbocycles. The standard InChI is InChI=1S/C21H18FN3OS/c1-14-10-16(15(2)25(14)19-7-5-18(22)6-8-19)11-17(12-23)21(26)24-13-20-4-3-9-27-20/h3-11H,13H2,1-2H3,(H,24,26). The number of aromatic nitrogens is 1. The maximum absolute atomic E-state index is 13.2. The van der Waals surface area contributed by atoms with Crippen molar-refractivity contribution in [2.45, 2.75) is 20.4 Å². The summed E-state index contributed by atoms with van der Waals surface area (Å²) < 4.78 is 15.2. The van der Waals surface area contributed by atoms with E-state index in [0.717, 1.165) is 27.5 Å². The van der Waals surface area contributed by atoms with Gasteiger partial charge in [0.1, 0.15) is 17.5 Å². The molecular weight excluding hydrogens is 361 g/mol. The molecule has 0 saturated carbocycles. The fraction of sp³-hybridized carbons (Fsp3) is 0.143. The van der Waals surface area contributed by atoms with Crippen molar-refractivity contribution in [3.05, 3.63) is 81.1 Å². The van der Waals surface area contributed by atoms with Crippen LogP contribution in [0.4, 0.5) is 4.39 Å². The summed E-state index contributed by atoms with van der Waals surface area (Å²) in [4.78, 5) is 13.4. The molecule has 1 amide bonds. The number of nitrogens with zero attached hydrogens (tertiary/aromatic N) is 2. The van der Waals surface area contributed by atoms with E-state index in [4.69, 9.17) is 0 Å². The molecule has 0 bridgehead atoms. The zero-order chi connectivity index (χ0) is 19.4. The fourth-order valence-corrected chi connectivity index (χ4v) is 3.55. The molecule has 6 heteroatoms. The van der Waals surface area contributed by atoms with Crippen LogP contribution in [0.25, 0.3) is 11.8 Å². The zero-order valence-electron chi connectivity index (χ0n) is 15.0. The van der Waals surface area contributed by atoms with Crippen molar-refractivity contribution >= 4 is 23.3 Å². The van der Waals surface area contributed by atoms with E-state index in [0.29, 0.717) is 6.54 Å². The minimum Gasteiger partial charge on any atom is -0.347 e. The SMILES string of the molecule is Cc1cc(C=C(C#N)C(=O)NCc2cccs2)c(C)n1-c1ccc(F)cc1. The number of hydrogen-bond acceptors (Lipinski definition) is 3. The van der Waals surface area contributed by atoms with Crippen LogP contribution in [-0.4, -0.2) is 10.5 Å². The summed E-state index contributed by atoms with van der Waals surface area (Å²) in [6, 6.07) is 13.9. The lowest BCUT2D eigenvalue weighted by Crippen LogP contribution is -2.23. The molecule has 0 aliphatic heterocycles. The monoisotopic (exact) mass is 379 g/mol. The van der Waals surface area contributed by atoms with Gasteiger partial charge in [-0.05, 0) is 67.3 Å². The molecular formula is C21H18FN3OS. The third-order valence-corrected chi connectivity index (χ3v) is 5.10. The molecule has 27 heavy (non-hydrogen) atoms. The lowest BCUT2D eigenvalue weighted by molar-refractivity contribution is -0.117. The van der Waals surface area contributed by atoms with Gasteiger partial charge < -0.3 is 9.88 Å². The number of benzene rings is 1. The first-order valence-corrected chi connectivity index (χ1v) is 9.25. The van der Waals surface area contributed by atoms with Crippen LogP contribution in [0, 0.1) is 31.0 Å². The maximum atomic E-state index is 13.2. The Kier molecular flexibility index (Phi) is 5.53. The highest BCUT2D eigenvalue weighted by Gasteiger charge is 2.14. The predicted molar refractivity (Wildman–Crippen MR) is 105 cm³/mol. The van der Waals surface area contributed by atoms with Crippen LogP contribution in [0.3, 0.4) is 0 Å². The van der Waals surface area contributed by atoms with E-state index in [2.05, 4.69) is 5.32 Å². The summed E-state index contributed by atoms with van der Waals surface area (Å²) in [6.45, 7) is 4.22. The van der Waals surface area contributed by atoms with E-state index in [1.54, 1.807) is 29.5 Å². The molecule has 2 aromatic heterocycles. The first-order chi connectivity index (χ1) is 13.0. The minimum atomic E-state index is -0.405. The average Bonchev–Trinajstić information content (AvgIpc) is 3.27. The molecule has 3 rings (SSSR count). The van der Waals surface area contributed by atoms with E-state index < -0.39 is 5.91 Å². The summed E-state index contributed by atoms with van der Waals surface area (Å²) in [5, 5.41) is 14.1. The number of amides is 1. The highest BCUT2D eigenvalue weighted by atomic mass is 32.1. The topological polar surface area (TPSA) is 57.8 Å². The van der Waals surface area contributed by atoms with E-state index in [9.17, 15) is 14.4 Å². The molecule has 0 unspecified atom stereocenters. The van der Waals surface area contributed by atoms with Crippen LogP contribution in [0.15, 0.2) is 53.4 Å². The Labute approximate surface area is 161 Å². The molecule has 3 aromatic rings. The fourth-order valence-electron chi connectivity index (χ4n) is 2.90. The molecule has 0 spiro atoms. The minimum absolute atomic E-state index is 0.0471. The van der Waals surface area contributed by atoms with E-state index in [1.165, 1.54) is 12.1 Å². The van der Waals surface area contributed by atoms with Gasteiger partial charge in [0.15, 0.2) is 0 Å². The predicted octanol–water partition coefficient (Wildman–Crippen LogP) is 4.52. The van der Waals surface area contributed by atoms with Crippen molar-refractivity contribution in [1.29, 1.82) is 5.26 Å². The summed E-state index contributed by atoms with van der Waals surface area (Å²) in [6.07, 6.45) is 1.59. The lowest BCUT2D eigenvalue weighted by atomic mass is 10.1. The van der Waals surface area contributed by atoms with Gasteiger partial charge in [-0.3, -0.25) is 4.79 Å². The van der Waals surface area contributed by atoms with Gasteiger partial charge >= 0.3 is 0 Å². The summed E-state index contributed by atoms with van der Waals surface area (Å²) in [7, 11) is 0. The normalized spacial score (nSPS) is 11.3. The molecule has 0 aliphatic rings. The first-order valence-electron chi connectivity index (χ1n) is 8.37. The van der Waals surface area contributed by atoms with Crippen LogP contribution in [0.5, 0.6) is 0 Å². The number of rotatable bonds is 5. The summed E-state index contributed by atoms with van der Waals surface area (Å²) in [5.41, 5.74) is 3.46. The van der Waals surface area contributed by atoms with Crippen LogP contribution < -0.4 is 5.32 Å². The van der Waals surface area contributed by atoms with Gasteiger partial charge in [0.2, 0.25) is 0 Å². The Morgan fingerprint density at radius 1 is 1.30 bits per heavy atom. The highest BCUT2D eigenvalue weighted by Crippen LogP contribution is 2.23. The van der Waals surface area contributed by atoms with E-state index in [1.807, 2.05) is 48.1 Å². The number of thiophene rings is 1. The number of carbonyl (C=O) groups is 1. The quantitative estimate of drug-likeness (QED) is 0.523. The Balaban J connectivity index is 1.86. The Hall–Kier alpha value is -3.17. The Bertz CT molecular complexity index is 1020. The molecule has 4 nitrogen and oxygen atoms in total. The highest BCUT2D eigenvalue weighted by molar-refractivity contribution is 7.09. The van der Waals surface area contributed by atoms with Gasteiger partial charge in [-0.15, -0.1) is 11.3 Å². The third-order valence-electron chi connectivity index (χ3n) is 4.22.